The van der Waals surface area contributed by atoms with Crippen LogP contribution in [-0.2, 0) is 13.0 Å². The number of aromatic nitrogens is 2. The van der Waals surface area contributed by atoms with Crippen molar-refractivity contribution < 1.29 is 4.39 Å². The maximum Gasteiger partial charge on any atom is 0.160 e. The van der Waals surface area contributed by atoms with E-state index in [1.165, 1.54) is 36.2 Å². The summed E-state index contributed by atoms with van der Waals surface area (Å²) < 4.78 is 14.0. The van der Waals surface area contributed by atoms with Crippen LogP contribution in [0.4, 0.5) is 4.39 Å². The summed E-state index contributed by atoms with van der Waals surface area (Å²) in [6.07, 6.45) is 3.37. The standard InChI is InChI=1S/C16H15BrFN3/c17-13-7-10(18)3-4-11(13)16-20-14-5-6-19-8-12(14)15(21-16)9-1-2-9/h3-4,7,9,19H,1-2,5-6,8H2. The van der Waals surface area contributed by atoms with E-state index in [2.05, 4.69) is 21.2 Å². The van der Waals surface area contributed by atoms with E-state index < -0.39 is 0 Å². The first-order valence-electron chi connectivity index (χ1n) is 7.28. The van der Waals surface area contributed by atoms with Gasteiger partial charge in [0, 0.05) is 41.0 Å². The maximum absolute atomic E-state index is 13.3. The Kier molecular flexibility index (Phi) is 3.27. The van der Waals surface area contributed by atoms with E-state index in [-0.39, 0.29) is 5.82 Å². The molecule has 108 valence electrons. The Bertz CT molecular complexity index is 713. The van der Waals surface area contributed by atoms with Gasteiger partial charge in [-0.25, -0.2) is 14.4 Å². The van der Waals surface area contributed by atoms with Gasteiger partial charge in [0.25, 0.3) is 0 Å². The lowest BCUT2D eigenvalue weighted by molar-refractivity contribution is 0.617. The molecular weight excluding hydrogens is 333 g/mol. The topological polar surface area (TPSA) is 37.8 Å². The van der Waals surface area contributed by atoms with Crippen LogP contribution in [-0.4, -0.2) is 16.5 Å². The smallest absolute Gasteiger partial charge is 0.160 e. The summed E-state index contributed by atoms with van der Waals surface area (Å²) in [5.74, 6) is 1.04. The summed E-state index contributed by atoms with van der Waals surface area (Å²) in [6.45, 7) is 1.82. The van der Waals surface area contributed by atoms with E-state index in [0.717, 1.165) is 30.8 Å². The fraction of sp³-hybridized carbons (Fsp3) is 0.375. The zero-order valence-electron chi connectivity index (χ0n) is 11.5. The summed E-state index contributed by atoms with van der Waals surface area (Å²) in [5, 5.41) is 3.40. The Balaban J connectivity index is 1.87. The highest BCUT2D eigenvalue weighted by atomic mass is 79.9. The number of benzene rings is 1. The van der Waals surface area contributed by atoms with E-state index in [1.54, 1.807) is 6.07 Å². The lowest BCUT2D eigenvalue weighted by Gasteiger charge is -2.20. The van der Waals surface area contributed by atoms with Crippen LogP contribution in [0.5, 0.6) is 0 Å². The lowest BCUT2D eigenvalue weighted by atomic mass is 10.0. The SMILES string of the molecule is Fc1ccc(-c2nc3c(c(C4CC4)n2)CNCC3)c(Br)c1. The second-order valence-corrected chi connectivity index (χ2v) is 6.54. The molecule has 2 aliphatic rings. The fourth-order valence-electron chi connectivity index (χ4n) is 2.86. The quantitative estimate of drug-likeness (QED) is 0.902. The summed E-state index contributed by atoms with van der Waals surface area (Å²) in [4.78, 5) is 9.55. The third-order valence-corrected chi connectivity index (χ3v) is 4.76. The molecule has 1 aliphatic carbocycles. The molecule has 0 amide bonds. The zero-order valence-corrected chi connectivity index (χ0v) is 13.1. The van der Waals surface area contributed by atoms with Gasteiger partial charge in [0.2, 0.25) is 0 Å². The van der Waals surface area contributed by atoms with Crippen molar-refractivity contribution in [2.45, 2.75) is 31.7 Å². The van der Waals surface area contributed by atoms with Gasteiger partial charge >= 0.3 is 0 Å². The largest absolute Gasteiger partial charge is 0.312 e. The molecule has 4 rings (SSSR count). The van der Waals surface area contributed by atoms with Crippen LogP contribution < -0.4 is 5.32 Å². The Morgan fingerprint density at radius 3 is 2.86 bits per heavy atom. The molecule has 1 aromatic carbocycles. The normalized spacial score (nSPS) is 17.6. The Morgan fingerprint density at radius 2 is 2.10 bits per heavy atom. The average Bonchev–Trinajstić information content (AvgIpc) is 3.30. The van der Waals surface area contributed by atoms with Crippen molar-refractivity contribution in [1.29, 1.82) is 0 Å². The number of nitrogens with one attached hydrogen (secondary N) is 1. The Labute approximate surface area is 131 Å². The third-order valence-electron chi connectivity index (χ3n) is 4.10. The summed E-state index contributed by atoms with van der Waals surface area (Å²) in [7, 11) is 0. The highest BCUT2D eigenvalue weighted by molar-refractivity contribution is 9.10. The number of halogens is 2. The molecular formula is C16H15BrFN3. The first-order valence-corrected chi connectivity index (χ1v) is 8.07. The molecule has 21 heavy (non-hydrogen) atoms. The van der Waals surface area contributed by atoms with Crippen molar-refractivity contribution in [2.75, 3.05) is 6.54 Å². The van der Waals surface area contributed by atoms with Crippen LogP contribution >= 0.6 is 15.9 Å². The van der Waals surface area contributed by atoms with Crippen LogP contribution in [0.25, 0.3) is 11.4 Å². The van der Waals surface area contributed by atoms with E-state index in [4.69, 9.17) is 9.97 Å². The van der Waals surface area contributed by atoms with E-state index >= 15 is 0 Å². The van der Waals surface area contributed by atoms with Crippen LogP contribution in [0.1, 0.15) is 35.7 Å². The molecule has 2 heterocycles. The van der Waals surface area contributed by atoms with Gasteiger partial charge in [0.05, 0.1) is 11.4 Å². The molecule has 3 nitrogen and oxygen atoms in total. The van der Waals surface area contributed by atoms with Gasteiger partial charge in [-0.3, -0.25) is 0 Å². The molecule has 0 bridgehead atoms. The zero-order chi connectivity index (χ0) is 14.4. The lowest BCUT2D eigenvalue weighted by Crippen LogP contribution is -2.26. The predicted molar refractivity (Wildman–Crippen MR) is 82.5 cm³/mol. The van der Waals surface area contributed by atoms with Crippen molar-refractivity contribution in [3.63, 3.8) is 0 Å². The van der Waals surface area contributed by atoms with Crippen molar-refractivity contribution in [3.8, 4) is 11.4 Å². The Hall–Kier alpha value is -1.33. The molecule has 0 saturated heterocycles. The highest BCUT2D eigenvalue weighted by Gasteiger charge is 2.31. The first kappa shape index (κ1) is 13.3. The van der Waals surface area contributed by atoms with Crippen LogP contribution in [0.3, 0.4) is 0 Å². The van der Waals surface area contributed by atoms with Gasteiger partial charge in [-0.2, -0.15) is 0 Å². The maximum atomic E-state index is 13.3. The molecule has 1 saturated carbocycles. The van der Waals surface area contributed by atoms with Gasteiger partial charge in [0.15, 0.2) is 5.82 Å². The summed E-state index contributed by atoms with van der Waals surface area (Å²) in [6, 6.07) is 4.68. The van der Waals surface area contributed by atoms with Gasteiger partial charge in [-0.05, 0) is 47.0 Å². The molecule has 1 fully saturated rings. The van der Waals surface area contributed by atoms with E-state index in [1.807, 2.05) is 0 Å². The minimum absolute atomic E-state index is 0.254. The van der Waals surface area contributed by atoms with Crippen molar-refractivity contribution >= 4 is 15.9 Å². The summed E-state index contributed by atoms with van der Waals surface area (Å²) >= 11 is 3.42. The van der Waals surface area contributed by atoms with Crippen molar-refractivity contribution in [3.05, 3.63) is 45.4 Å². The van der Waals surface area contributed by atoms with Gasteiger partial charge in [0.1, 0.15) is 5.82 Å². The second kappa shape index (κ2) is 5.14. The van der Waals surface area contributed by atoms with Crippen LogP contribution in [0.2, 0.25) is 0 Å². The fourth-order valence-corrected chi connectivity index (χ4v) is 3.38. The number of hydrogen-bond acceptors (Lipinski definition) is 3. The molecule has 1 aliphatic heterocycles. The van der Waals surface area contributed by atoms with Gasteiger partial charge < -0.3 is 5.32 Å². The van der Waals surface area contributed by atoms with E-state index in [0.29, 0.717) is 16.2 Å². The molecule has 0 spiro atoms. The van der Waals surface area contributed by atoms with E-state index in [9.17, 15) is 4.39 Å². The Morgan fingerprint density at radius 1 is 1.24 bits per heavy atom. The van der Waals surface area contributed by atoms with Gasteiger partial charge in [-0.1, -0.05) is 0 Å². The van der Waals surface area contributed by atoms with Crippen LogP contribution in [0, 0.1) is 5.82 Å². The minimum atomic E-state index is -0.254. The van der Waals surface area contributed by atoms with Crippen molar-refractivity contribution in [2.24, 2.45) is 0 Å². The third kappa shape index (κ3) is 2.49. The molecule has 0 unspecified atom stereocenters. The highest BCUT2D eigenvalue weighted by Crippen LogP contribution is 2.42. The molecule has 0 radical (unpaired) electrons. The summed E-state index contributed by atoms with van der Waals surface area (Å²) in [5.41, 5.74) is 4.49. The first-order chi connectivity index (χ1) is 10.2. The molecule has 1 N–H and O–H groups in total. The minimum Gasteiger partial charge on any atom is -0.312 e. The molecule has 2 aromatic rings. The number of fused-ring (bicyclic) bond motifs is 1. The second-order valence-electron chi connectivity index (χ2n) is 5.68. The number of rotatable bonds is 2. The molecule has 1 aromatic heterocycles. The monoisotopic (exact) mass is 347 g/mol. The molecule has 0 atom stereocenters. The van der Waals surface area contributed by atoms with Crippen molar-refractivity contribution in [1.82, 2.24) is 15.3 Å². The van der Waals surface area contributed by atoms with Gasteiger partial charge in [-0.15, -0.1) is 0 Å². The number of hydrogen-bond donors (Lipinski definition) is 1. The molecule has 5 heteroatoms. The van der Waals surface area contributed by atoms with Crippen LogP contribution in [0.15, 0.2) is 22.7 Å². The number of nitrogens with zero attached hydrogens (tertiary/aromatic N) is 2. The average molecular weight is 348 g/mol. The predicted octanol–water partition coefficient (Wildman–Crippen LogP) is 3.57.